The Balaban J connectivity index is 0.00000240. The quantitative estimate of drug-likeness (QED) is 0.617. The van der Waals surface area contributed by atoms with E-state index in [4.69, 9.17) is 14.8 Å². The highest BCUT2D eigenvalue weighted by Crippen LogP contribution is 2.39. The summed E-state index contributed by atoms with van der Waals surface area (Å²) in [6.07, 6.45) is 1.00. The number of rotatable bonds is 4. The molecule has 0 spiro atoms. The van der Waals surface area contributed by atoms with Crippen LogP contribution in [0.3, 0.4) is 0 Å². The van der Waals surface area contributed by atoms with Crippen LogP contribution in [-0.4, -0.2) is 40.9 Å². The summed E-state index contributed by atoms with van der Waals surface area (Å²) >= 11 is 0. The van der Waals surface area contributed by atoms with E-state index >= 15 is 0 Å². The molecule has 0 saturated carbocycles. The van der Waals surface area contributed by atoms with E-state index in [2.05, 4.69) is 63.1 Å². The van der Waals surface area contributed by atoms with E-state index in [1.54, 1.807) is 7.11 Å². The summed E-state index contributed by atoms with van der Waals surface area (Å²) in [5.74, 6) is 1.18. The van der Waals surface area contributed by atoms with Crippen LogP contribution in [0.4, 0.5) is 5.82 Å². The third-order valence-corrected chi connectivity index (χ3v) is 5.98. The Hall–Kier alpha value is -2.11. The van der Waals surface area contributed by atoms with Gasteiger partial charge in [-0.15, -0.1) is 12.4 Å². The smallest absolute Gasteiger partial charge is 0.165 e. The minimum absolute atomic E-state index is 0. The average molecular weight is 415 g/mol. The number of aryl methyl sites for hydroxylation is 5. The highest BCUT2D eigenvalue weighted by molar-refractivity contribution is 5.86. The lowest BCUT2D eigenvalue weighted by Crippen LogP contribution is -2.33. The monoisotopic (exact) mass is 414 g/mol. The molecule has 1 unspecified atom stereocenters. The van der Waals surface area contributed by atoms with Gasteiger partial charge in [-0.05, 0) is 64.7 Å². The predicted molar refractivity (Wildman–Crippen MR) is 122 cm³/mol. The lowest BCUT2D eigenvalue weighted by atomic mass is 9.94. The van der Waals surface area contributed by atoms with E-state index in [1.807, 2.05) is 0 Å². The largest absolute Gasteiger partial charge is 0.383 e. The number of aromatic nitrogens is 3. The number of methoxy groups -OCH3 is 1. The Morgan fingerprint density at radius 1 is 1.03 bits per heavy atom. The summed E-state index contributed by atoms with van der Waals surface area (Å²) in [6, 6.07) is 4.92. The number of nitrogens with zero attached hydrogens (tertiary/aromatic N) is 4. The SMILES string of the molecule is COCCN1c2c(c(C)nc3c(-c4c(C)cc(C)cc4C)c(C)nn23)CC1C.Cl. The number of ether oxygens (including phenoxy) is 1. The molecular formula is C23H31ClN4O. The lowest BCUT2D eigenvalue weighted by Gasteiger charge is -2.24. The fourth-order valence-electron chi connectivity index (χ4n) is 4.81. The average Bonchev–Trinajstić information content (AvgIpc) is 3.10. The first-order valence-electron chi connectivity index (χ1n) is 10.1. The Morgan fingerprint density at radius 3 is 2.31 bits per heavy atom. The van der Waals surface area contributed by atoms with Crippen molar-refractivity contribution in [3.63, 3.8) is 0 Å². The van der Waals surface area contributed by atoms with Crippen LogP contribution in [0.5, 0.6) is 0 Å². The number of hydrogen-bond acceptors (Lipinski definition) is 4. The van der Waals surface area contributed by atoms with Crippen molar-refractivity contribution >= 4 is 23.9 Å². The number of hydrogen-bond donors (Lipinski definition) is 0. The summed E-state index contributed by atoms with van der Waals surface area (Å²) in [5, 5.41) is 4.97. The molecule has 0 radical (unpaired) electrons. The third kappa shape index (κ3) is 3.40. The van der Waals surface area contributed by atoms with Gasteiger partial charge < -0.3 is 9.64 Å². The van der Waals surface area contributed by atoms with Gasteiger partial charge in [0.1, 0.15) is 5.82 Å². The van der Waals surface area contributed by atoms with Gasteiger partial charge in [-0.25, -0.2) is 4.98 Å². The molecule has 1 atom stereocenters. The van der Waals surface area contributed by atoms with E-state index in [0.717, 1.165) is 35.6 Å². The topological polar surface area (TPSA) is 42.7 Å². The molecule has 0 bridgehead atoms. The molecule has 5 nitrogen and oxygen atoms in total. The molecule has 1 aromatic carbocycles. The fraction of sp³-hybridized carbons (Fsp3) is 0.478. The van der Waals surface area contributed by atoms with Crippen molar-refractivity contribution in [1.29, 1.82) is 0 Å². The maximum atomic E-state index is 5.36. The summed E-state index contributed by atoms with van der Waals surface area (Å²) in [4.78, 5) is 7.46. The van der Waals surface area contributed by atoms with E-state index in [0.29, 0.717) is 12.6 Å². The number of benzene rings is 1. The van der Waals surface area contributed by atoms with Gasteiger partial charge in [0, 0.05) is 31.0 Å². The van der Waals surface area contributed by atoms with E-state index in [-0.39, 0.29) is 12.4 Å². The molecule has 1 aliphatic rings. The molecule has 0 aliphatic carbocycles. The van der Waals surface area contributed by atoms with Crippen LogP contribution < -0.4 is 4.90 Å². The van der Waals surface area contributed by atoms with Crippen molar-refractivity contribution in [3.05, 3.63) is 45.8 Å². The Morgan fingerprint density at radius 2 is 1.69 bits per heavy atom. The van der Waals surface area contributed by atoms with Gasteiger partial charge in [-0.3, -0.25) is 0 Å². The van der Waals surface area contributed by atoms with Gasteiger partial charge in [0.2, 0.25) is 0 Å². The molecule has 2 aromatic heterocycles. The van der Waals surface area contributed by atoms with Gasteiger partial charge in [-0.2, -0.15) is 9.61 Å². The van der Waals surface area contributed by atoms with Gasteiger partial charge in [-0.1, -0.05) is 17.7 Å². The van der Waals surface area contributed by atoms with Gasteiger partial charge in [0.25, 0.3) is 0 Å². The Labute approximate surface area is 179 Å². The maximum absolute atomic E-state index is 5.36. The molecule has 0 amide bonds. The normalized spacial score (nSPS) is 15.7. The fourth-order valence-corrected chi connectivity index (χ4v) is 4.81. The third-order valence-electron chi connectivity index (χ3n) is 5.98. The summed E-state index contributed by atoms with van der Waals surface area (Å²) in [6.45, 7) is 14.6. The zero-order valence-corrected chi connectivity index (χ0v) is 19.3. The zero-order valence-electron chi connectivity index (χ0n) is 18.5. The van der Waals surface area contributed by atoms with Crippen LogP contribution >= 0.6 is 12.4 Å². The first-order chi connectivity index (χ1) is 13.3. The second kappa shape index (κ2) is 7.96. The van der Waals surface area contributed by atoms with Crippen LogP contribution in [0.25, 0.3) is 16.8 Å². The lowest BCUT2D eigenvalue weighted by molar-refractivity contribution is 0.204. The molecule has 3 aromatic rings. The molecule has 29 heavy (non-hydrogen) atoms. The first-order valence-corrected chi connectivity index (χ1v) is 10.1. The van der Waals surface area contributed by atoms with Crippen LogP contribution in [0, 0.1) is 34.6 Å². The zero-order chi connectivity index (χ0) is 20.2. The van der Waals surface area contributed by atoms with Gasteiger partial charge >= 0.3 is 0 Å². The Bertz CT molecular complexity index is 1050. The number of halogens is 1. The molecule has 1 aliphatic heterocycles. The van der Waals surface area contributed by atoms with Crippen molar-refractivity contribution in [3.8, 4) is 11.1 Å². The second-order valence-corrected chi connectivity index (χ2v) is 8.21. The summed E-state index contributed by atoms with van der Waals surface area (Å²) < 4.78 is 7.44. The van der Waals surface area contributed by atoms with Crippen molar-refractivity contribution in [2.45, 2.75) is 54.0 Å². The molecule has 0 saturated heterocycles. The number of fused-ring (bicyclic) bond motifs is 3. The van der Waals surface area contributed by atoms with Crippen LogP contribution in [0.1, 0.15) is 40.6 Å². The van der Waals surface area contributed by atoms with Gasteiger partial charge in [0.15, 0.2) is 5.65 Å². The van der Waals surface area contributed by atoms with Crippen molar-refractivity contribution in [1.82, 2.24) is 14.6 Å². The summed E-state index contributed by atoms with van der Waals surface area (Å²) in [7, 11) is 1.76. The Kier molecular flexibility index (Phi) is 5.93. The molecular weight excluding hydrogens is 384 g/mol. The molecule has 156 valence electrons. The van der Waals surface area contributed by atoms with Crippen molar-refractivity contribution in [2.75, 3.05) is 25.2 Å². The molecule has 0 fully saturated rings. The minimum atomic E-state index is 0. The van der Waals surface area contributed by atoms with Crippen LogP contribution in [0.2, 0.25) is 0 Å². The standard InChI is InChI=1S/C23H30N4O.ClH/c1-13-10-14(2)20(15(3)11-13)21-18(6)25-27-22(21)24-17(5)19-12-16(4)26(23(19)27)8-9-28-7;/h10-11,16H,8-9,12H2,1-7H3;1H. The molecule has 6 heteroatoms. The minimum Gasteiger partial charge on any atom is -0.383 e. The highest BCUT2D eigenvalue weighted by atomic mass is 35.5. The van der Waals surface area contributed by atoms with Gasteiger partial charge in [0.05, 0.1) is 17.9 Å². The number of anilines is 1. The van der Waals surface area contributed by atoms with E-state index < -0.39 is 0 Å². The first kappa shape index (κ1) is 21.6. The molecule has 0 N–H and O–H groups in total. The maximum Gasteiger partial charge on any atom is 0.165 e. The molecule has 4 rings (SSSR count). The van der Waals surface area contributed by atoms with E-state index in [1.165, 1.54) is 33.6 Å². The van der Waals surface area contributed by atoms with E-state index in [9.17, 15) is 0 Å². The van der Waals surface area contributed by atoms with Crippen LogP contribution in [0.15, 0.2) is 12.1 Å². The molecule has 3 heterocycles. The van der Waals surface area contributed by atoms with Crippen LogP contribution in [-0.2, 0) is 11.2 Å². The predicted octanol–water partition coefficient (Wildman–Crippen LogP) is 4.76. The second-order valence-electron chi connectivity index (χ2n) is 8.21. The van der Waals surface area contributed by atoms with Crippen molar-refractivity contribution in [2.24, 2.45) is 0 Å². The highest BCUT2D eigenvalue weighted by Gasteiger charge is 2.32. The van der Waals surface area contributed by atoms with Crippen molar-refractivity contribution < 1.29 is 4.74 Å². The summed E-state index contributed by atoms with van der Waals surface area (Å²) in [5.41, 5.74) is 10.7.